The van der Waals surface area contributed by atoms with Gasteiger partial charge in [0, 0.05) is 26.2 Å². The lowest BCUT2D eigenvalue weighted by atomic mass is 10.2. The maximum atomic E-state index is 12.3. The topological polar surface area (TPSA) is 95.2 Å². The number of benzene rings is 1. The van der Waals surface area contributed by atoms with E-state index in [0.29, 0.717) is 50.0 Å². The lowest BCUT2D eigenvalue weighted by Gasteiger charge is -2.34. The van der Waals surface area contributed by atoms with Crippen molar-refractivity contribution in [3.63, 3.8) is 0 Å². The van der Waals surface area contributed by atoms with Gasteiger partial charge in [-0.05, 0) is 24.3 Å². The fourth-order valence-corrected chi connectivity index (χ4v) is 4.25. The molecule has 1 amide bonds. The smallest absolute Gasteiger partial charge is 0.289 e. The first-order valence-corrected chi connectivity index (χ1v) is 9.72. The normalized spacial score (nSPS) is 19.4. The number of fused-ring (bicyclic) bond motifs is 1. The number of amidine groups is 1. The van der Waals surface area contributed by atoms with Crippen molar-refractivity contribution >= 4 is 27.5 Å². The van der Waals surface area contributed by atoms with E-state index in [-0.39, 0.29) is 10.8 Å². The molecule has 9 heteroatoms. The molecule has 1 aromatic heterocycles. The van der Waals surface area contributed by atoms with Crippen LogP contribution in [0.25, 0.3) is 0 Å². The van der Waals surface area contributed by atoms with Crippen LogP contribution in [0.15, 0.2) is 56.4 Å². The highest BCUT2D eigenvalue weighted by Gasteiger charge is 2.28. The fraction of sp³-hybridized carbons (Fsp3) is 0.294. The average molecular weight is 374 g/mol. The van der Waals surface area contributed by atoms with Crippen LogP contribution < -0.4 is 5.32 Å². The fourth-order valence-electron chi connectivity index (χ4n) is 3.11. The van der Waals surface area contributed by atoms with Gasteiger partial charge in [0.2, 0.25) is 0 Å². The number of hydrogen-bond donors (Lipinski definition) is 1. The average Bonchev–Trinajstić information content (AvgIpc) is 3.16. The predicted octanol–water partition coefficient (Wildman–Crippen LogP) is 1.25. The van der Waals surface area contributed by atoms with Crippen LogP contribution in [0, 0.1) is 0 Å². The number of amides is 1. The molecule has 8 nitrogen and oxygen atoms in total. The Morgan fingerprint density at radius 1 is 1.12 bits per heavy atom. The summed E-state index contributed by atoms with van der Waals surface area (Å²) >= 11 is 0. The van der Waals surface area contributed by atoms with E-state index in [9.17, 15) is 13.2 Å². The minimum Gasteiger partial charge on any atom is -0.459 e. The van der Waals surface area contributed by atoms with Gasteiger partial charge in [0.15, 0.2) is 5.76 Å². The van der Waals surface area contributed by atoms with Crippen LogP contribution in [0.3, 0.4) is 0 Å². The number of carbonyl (C=O) groups excluding carboxylic acids is 1. The number of sulfonamides is 1. The van der Waals surface area contributed by atoms with Gasteiger partial charge in [0.25, 0.3) is 15.9 Å². The van der Waals surface area contributed by atoms with Gasteiger partial charge in [0.05, 0.1) is 18.5 Å². The molecule has 2 aromatic rings. The highest BCUT2D eigenvalue weighted by molar-refractivity contribution is 7.90. The quantitative estimate of drug-likeness (QED) is 0.869. The number of carbonyl (C=O) groups is 1. The molecule has 1 fully saturated rings. The second-order valence-electron chi connectivity index (χ2n) is 6.18. The maximum absolute atomic E-state index is 12.3. The predicted molar refractivity (Wildman–Crippen MR) is 95.7 cm³/mol. The molecule has 0 spiro atoms. The standard InChI is InChI=1S/C17H18N4O4S/c22-17(14-5-3-11-25-14)21-9-7-20(8-10-21)12-16-18-13-4-1-2-6-15(13)26(23,24)19-16/h1-6,11H,7-10,12H2,(H,18,19). The molecule has 4 rings (SSSR count). The van der Waals surface area contributed by atoms with Crippen LogP contribution >= 0.6 is 0 Å². The van der Waals surface area contributed by atoms with Crippen molar-refractivity contribution in [3.8, 4) is 0 Å². The Balaban J connectivity index is 1.39. The summed E-state index contributed by atoms with van der Waals surface area (Å²) in [4.78, 5) is 16.3. The van der Waals surface area contributed by atoms with E-state index < -0.39 is 10.0 Å². The molecular weight excluding hydrogens is 356 g/mol. The van der Waals surface area contributed by atoms with E-state index in [1.165, 1.54) is 12.3 Å². The third-order valence-corrected chi connectivity index (χ3v) is 5.81. The van der Waals surface area contributed by atoms with Crippen LogP contribution in [0.2, 0.25) is 0 Å². The molecule has 0 atom stereocenters. The molecule has 26 heavy (non-hydrogen) atoms. The maximum Gasteiger partial charge on any atom is 0.289 e. The zero-order valence-electron chi connectivity index (χ0n) is 14.0. The largest absolute Gasteiger partial charge is 0.459 e. The third kappa shape index (κ3) is 3.23. The Morgan fingerprint density at radius 2 is 1.88 bits per heavy atom. The lowest BCUT2D eigenvalue weighted by Crippen LogP contribution is -2.50. The van der Waals surface area contributed by atoms with Crippen LogP contribution in [0.4, 0.5) is 5.69 Å². The van der Waals surface area contributed by atoms with Crippen molar-refractivity contribution in [1.29, 1.82) is 0 Å². The first kappa shape index (κ1) is 16.8. The van der Waals surface area contributed by atoms with Crippen molar-refractivity contribution in [2.75, 3.05) is 38.0 Å². The van der Waals surface area contributed by atoms with Gasteiger partial charge in [-0.15, -0.1) is 4.40 Å². The molecule has 2 aliphatic heterocycles. The van der Waals surface area contributed by atoms with Gasteiger partial charge >= 0.3 is 0 Å². The van der Waals surface area contributed by atoms with E-state index in [1.54, 1.807) is 35.2 Å². The summed E-state index contributed by atoms with van der Waals surface area (Å²) in [6, 6.07) is 10.1. The van der Waals surface area contributed by atoms with Gasteiger partial charge < -0.3 is 14.6 Å². The summed E-state index contributed by atoms with van der Waals surface area (Å²) in [5.41, 5.74) is 0.545. The zero-order chi connectivity index (χ0) is 18.1. The molecule has 1 N–H and O–H groups in total. The molecule has 0 radical (unpaired) electrons. The number of anilines is 1. The summed E-state index contributed by atoms with van der Waals surface area (Å²) in [6.07, 6.45) is 1.48. The van der Waals surface area contributed by atoms with E-state index in [4.69, 9.17) is 4.42 Å². The Labute approximate surface area is 151 Å². The summed E-state index contributed by atoms with van der Waals surface area (Å²) in [7, 11) is -3.67. The molecule has 2 aliphatic rings. The molecule has 1 saturated heterocycles. The highest BCUT2D eigenvalue weighted by atomic mass is 32.2. The number of rotatable bonds is 3. The van der Waals surface area contributed by atoms with Crippen LogP contribution in [-0.4, -0.2) is 62.7 Å². The first-order valence-electron chi connectivity index (χ1n) is 8.28. The van der Waals surface area contributed by atoms with Crippen LogP contribution in [0.1, 0.15) is 10.6 Å². The van der Waals surface area contributed by atoms with E-state index in [2.05, 4.69) is 14.6 Å². The third-order valence-electron chi connectivity index (χ3n) is 4.44. The summed E-state index contributed by atoms with van der Waals surface area (Å²) < 4.78 is 33.6. The van der Waals surface area contributed by atoms with Crippen molar-refractivity contribution in [2.24, 2.45) is 4.40 Å². The molecule has 0 bridgehead atoms. The minimum absolute atomic E-state index is 0.126. The monoisotopic (exact) mass is 374 g/mol. The molecular formula is C17H18N4O4S. The molecule has 0 unspecified atom stereocenters. The van der Waals surface area contributed by atoms with Crippen molar-refractivity contribution in [3.05, 3.63) is 48.4 Å². The summed E-state index contributed by atoms with van der Waals surface area (Å²) in [6.45, 7) is 2.76. The van der Waals surface area contributed by atoms with E-state index >= 15 is 0 Å². The molecule has 0 aliphatic carbocycles. The Hall–Kier alpha value is -2.65. The van der Waals surface area contributed by atoms with Crippen molar-refractivity contribution in [2.45, 2.75) is 4.90 Å². The minimum atomic E-state index is -3.67. The van der Waals surface area contributed by atoms with E-state index in [1.807, 2.05) is 0 Å². The number of hydrogen-bond acceptors (Lipinski definition) is 6. The van der Waals surface area contributed by atoms with Gasteiger partial charge in [-0.3, -0.25) is 9.69 Å². The van der Waals surface area contributed by atoms with Crippen LogP contribution in [-0.2, 0) is 10.0 Å². The highest BCUT2D eigenvalue weighted by Crippen LogP contribution is 2.26. The van der Waals surface area contributed by atoms with Crippen molar-refractivity contribution < 1.29 is 17.6 Å². The van der Waals surface area contributed by atoms with Gasteiger partial charge in [-0.2, -0.15) is 8.42 Å². The zero-order valence-corrected chi connectivity index (χ0v) is 14.8. The Kier molecular flexibility index (Phi) is 4.25. The Bertz CT molecular complexity index is 945. The number of piperazine rings is 1. The van der Waals surface area contributed by atoms with Crippen molar-refractivity contribution in [1.82, 2.24) is 9.80 Å². The van der Waals surface area contributed by atoms with Crippen LogP contribution in [0.5, 0.6) is 0 Å². The number of furan rings is 1. The molecule has 3 heterocycles. The van der Waals surface area contributed by atoms with Gasteiger partial charge in [-0.1, -0.05) is 12.1 Å². The lowest BCUT2D eigenvalue weighted by molar-refractivity contribution is 0.0623. The Morgan fingerprint density at radius 3 is 2.62 bits per heavy atom. The summed E-state index contributed by atoms with van der Waals surface area (Å²) in [5, 5.41) is 3.09. The molecule has 136 valence electrons. The second-order valence-corrected chi connectivity index (χ2v) is 7.75. The van der Waals surface area contributed by atoms with Gasteiger partial charge in [0.1, 0.15) is 10.7 Å². The number of para-hydroxylation sites is 1. The second kappa shape index (κ2) is 6.58. The SMILES string of the molecule is O=C(c1ccco1)N1CCN(CC2=NS(=O)(=O)c3ccccc3N2)CC1. The first-order chi connectivity index (χ1) is 12.5. The molecule has 1 aromatic carbocycles. The van der Waals surface area contributed by atoms with Gasteiger partial charge in [-0.25, -0.2) is 0 Å². The molecule has 0 saturated carbocycles. The van der Waals surface area contributed by atoms with E-state index in [0.717, 1.165) is 0 Å². The summed E-state index contributed by atoms with van der Waals surface area (Å²) in [5.74, 6) is 0.605. The number of nitrogens with one attached hydrogen (secondary N) is 1. The number of nitrogens with zero attached hydrogens (tertiary/aromatic N) is 3.